The number of ketones is 1. The molecule has 5 rings (SSSR count). The zero-order valence-electron chi connectivity index (χ0n) is 30.1. The summed E-state index contributed by atoms with van der Waals surface area (Å²) in [6, 6.07) is 17.1. The molecule has 1 aromatic heterocycles. The summed E-state index contributed by atoms with van der Waals surface area (Å²) in [5.74, 6) is 5.37. The predicted octanol–water partition coefficient (Wildman–Crippen LogP) is 5.01. The van der Waals surface area contributed by atoms with Crippen molar-refractivity contribution in [2.24, 2.45) is 7.05 Å². The van der Waals surface area contributed by atoms with Crippen LogP contribution in [-0.4, -0.2) is 80.9 Å². The van der Waals surface area contributed by atoms with Crippen molar-refractivity contribution >= 4 is 29.4 Å². The van der Waals surface area contributed by atoms with Gasteiger partial charge >= 0.3 is 6.09 Å². The lowest BCUT2D eigenvalue weighted by atomic mass is 10.0. The molecule has 1 saturated heterocycles. The number of nitrogens with zero attached hydrogens (tertiary/aromatic N) is 3. The van der Waals surface area contributed by atoms with Crippen molar-refractivity contribution in [2.75, 3.05) is 25.1 Å². The molecule has 0 spiro atoms. The third-order valence-electron chi connectivity index (χ3n) is 8.23. The van der Waals surface area contributed by atoms with Gasteiger partial charge in [0, 0.05) is 48.6 Å². The summed E-state index contributed by atoms with van der Waals surface area (Å²) >= 11 is 0. The molecule has 3 N–H and O–H groups in total. The van der Waals surface area contributed by atoms with Gasteiger partial charge < -0.3 is 30.1 Å². The van der Waals surface area contributed by atoms with Gasteiger partial charge in [0.05, 0.1) is 18.8 Å². The highest BCUT2D eigenvalue weighted by molar-refractivity contribution is 5.98. The van der Waals surface area contributed by atoms with Crippen molar-refractivity contribution in [2.45, 2.75) is 58.7 Å². The number of anilines is 1. The lowest BCUT2D eigenvalue weighted by molar-refractivity contribution is -0.148. The molecule has 4 aromatic rings. The van der Waals surface area contributed by atoms with Gasteiger partial charge in [-0.3, -0.25) is 19.1 Å². The average molecular weight is 706 g/mol. The number of alkyl carbamates (subject to hydrolysis) is 1. The fraction of sp³-hybridized carbons (Fsp3) is 0.325. The highest BCUT2D eigenvalue weighted by Gasteiger charge is 2.37. The first kappa shape index (κ1) is 37.3. The monoisotopic (exact) mass is 705 g/mol. The lowest BCUT2D eigenvalue weighted by Gasteiger charge is -2.37. The summed E-state index contributed by atoms with van der Waals surface area (Å²) in [5, 5.41) is 20.5. The second-order valence-corrected chi connectivity index (χ2v) is 13.7. The molecule has 52 heavy (non-hydrogen) atoms. The van der Waals surface area contributed by atoms with Crippen molar-refractivity contribution in [3.05, 3.63) is 101 Å². The number of aryl methyl sites for hydroxylation is 2. The summed E-state index contributed by atoms with van der Waals surface area (Å²) < 4.78 is 12.7. The molecule has 0 saturated carbocycles. The fourth-order valence-electron chi connectivity index (χ4n) is 5.67. The first-order valence-corrected chi connectivity index (χ1v) is 16.9. The van der Waals surface area contributed by atoms with Crippen molar-refractivity contribution in [1.82, 2.24) is 20.0 Å². The molecule has 1 aliphatic rings. The maximum Gasteiger partial charge on any atom is 0.408 e. The largest absolute Gasteiger partial charge is 0.507 e. The number of hydrogen-bond acceptors (Lipinski definition) is 8. The SMILES string of the molecule is CC(=O)c1ccc(C[C@H](NC(=O)OC(C)(C)C)C(=O)N2CCOCC2C(=O)Nc2ccc(C#Cc3cn(C)nc3-c3cc(C)ccc3O)cc2)cc1. The molecule has 3 aromatic carbocycles. The molecule has 3 amide bonds. The highest BCUT2D eigenvalue weighted by Crippen LogP contribution is 2.31. The van der Waals surface area contributed by atoms with E-state index in [0.29, 0.717) is 39.2 Å². The van der Waals surface area contributed by atoms with Crippen LogP contribution in [0.3, 0.4) is 0 Å². The summed E-state index contributed by atoms with van der Waals surface area (Å²) in [5.41, 5.74) is 4.42. The fourth-order valence-corrected chi connectivity index (χ4v) is 5.67. The summed E-state index contributed by atoms with van der Waals surface area (Å²) in [6.07, 6.45) is 1.13. The number of carbonyl (C=O) groups excluding carboxylic acids is 4. The van der Waals surface area contributed by atoms with Gasteiger partial charge in [-0.2, -0.15) is 5.10 Å². The number of phenols is 1. The summed E-state index contributed by atoms with van der Waals surface area (Å²) in [7, 11) is 1.79. The molecule has 270 valence electrons. The minimum atomic E-state index is -1.06. The van der Waals surface area contributed by atoms with Crippen LogP contribution < -0.4 is 10.6 Å². The zero-order valence-corrected chi connectivity index (χ0v) is 30.1. The minimum absolute atomic E-state index is 0.0302. The molecule has 1 aliphatic heterocycles. The van der Waals surface area contributed by atoms with Crippen LogP contribution in [0.2, 0.25) is 0 Å². The van der Waals surface area contributed by atoms with Crippen LogP contribution in [0.5, 0.6) is 5.75 Å². The average Bonchev–Trinajstić information content (AvgIpc) is 3.47. The Labute approximate surface area is 303 Å². The van der Waals surface area contributed by atoms with Crippen molar-refractivity contribution in [3.63, 3.8) is 0 Å². The van der Waals surface area contributed by atoms with E-state index in [9.17, 15) is 24.3 Å². The van der Waals surface area contributed by atoms with Crippen LogP contribution >= 0.6 is 0 Å². The highest BCUT2D eigenvalue weighted by atomic mass is 16.6. The van der Waals surface area contributed by atoms with E-state index < -0.39 is 35.6 Å². The van der Waals surface area contributed by atoms with E-state index in [4.69, 9.17) is 9.47 Å². The molecule has 1 fully saturated rings. The van der Waals surface area contributed by atoms with E-state index in [2.05, 4.69) is 27.6 Å². The predicted molar refractivity (Wildman–Crippen MR) is 196 cm³/mol. The van der Waals surface area contributed by atoms with Gasteiger partial charge in [0.15, 0.2) is 5.78 Å². The number of benzene rings is 3. The van der Waals surface area contributed by atoms with E-state index in [1.165, 1.54) is 11.8 Å². The standard InChI is InChI=1S/C40H43N5O7/c1-25-7-18-35(47)32(21-25)36-30(23-44(6)43-36)15-8-27-11-16-31(17-12-27)41-37(48)34-24-51-20-19-45(34)38(49)33(42-39(50)52-40(3,4)5)22-28-9-13-29(14-10-28)26(2)46/h7,9-14,16-18,21,23,33-34,47H,19-20,22,24H2,1-6H3,(H,41,48)(H,42,50)/t33-,34?/m0/s1. The molecule has 12 nitrogen and oxygen atoms in total. The van der Waals surface area contributed by atoms with Crippen LogP contribution in [0.4, 0.5) is 10.5 Å². The van der Waals surface area contributed by atoms with Crippen molar-refractivity contribution < 1.29 is 33.8 Å². The number of Topliss-reactive ketones (excluding diaryl/α,β-unsaturated/α-hetero) is 1. The van der Waals surface area contributed by atoms with Crippen LogP contribution in [0, 0.1) is 18.8 Å². The summed E-state index contributed by atoms with van der Waals surface area (Å²) in [6.45, 7) is 8.90. The number of hydrogen-bond donors (Lipinski definition) is 3. The maximum absolute atomic E-state index is 14.1. The molecule has 12 heteroatoms. The van der Waals surface area contributed by atoms with Crippen molar-refractivity contribution in [1.29, 1.82) is 0 Å². The molecule has 0 aliphatic carbocycles. The number of aromatic hydroxyl groups is 1. The quantitative estimate of drug-likeness (QED) is 0.171. The Bertz CT molecular complexity index is 2020. The Balaban J connectivity index is 1.30. The van der Waals surface area contributed by atoms with Gasteiger partial charge in [-0.15, -0.1) is 0 Å². The topological polar surface area (TPSA) is 152 Å². The first-order chi connectivity index (χ1) is 24.7. The number of amides is 3. The van der Waals surface area contributed by atoms with Gasteiger partial charge in [-0.1, -0.05) is 47.7 Å². The molecule has 0 radical (unpaired) electrons. The number of rotatable bonds is 8. The van der Waals surface area contributed by atoms with Crippen LogP contribution in [0.1, 0.15) is 60.3 Å². The van der Waals surface area contributed by atoms with Gasteiger partial charge in [-0.05, 0) is 76.6 Å². The normalized spacial score (nSPS) is 14.8. The number of phenolic OH excluding ortho intramolecular Hbond substituents is 1. The number of carbonyl (C=O) groups is 4. The number of morpholine rings is 1. The molecule has 1 unspecified atom stereocenters. The van der Waals surface area contributed by atoms with Crippen molar-refractivity contribution in [3.8, 4) is 28.8 Å². The molecule has 2 heterocycles. The second-order valence-electron chi connectivity index (χ2n) is 13.7. The Morgan fingerprint density at radius 3 is 2.42 bits per heavy atom. The molecular weight excluding hydrogens is 662 g/mol. The number of nitrogens with one attached hydrogen (secondary N) is 2. The zero-order chi connectivity index (χ0) is 37.6. The number of ether oxygens (including phenoxy) is 2. The smallest absolute Gasteiger partial charge is 0.408 e. The summed E-state index contributed by atoms with van der Waals surface area (Å²) in [4.78, 5) is 53.7. The Hall–Kier alpha value is -5.93. The molecule has 0 bridgehead atoms. The third-order valence-corrected chi connectivity index (χ3v) is 8.23. The van der Waals surface area contributed by atoms with E-state index in [1.807, 2.05) is 19.1 Å². The van der Waals surface area contributed by atoms with Crippen LogP contribution in [-0.2, 0) is 32.5 Å². The third kappa shape index (κ3) is 9.64. The molecule has 2 atom stereocenters. The Kier molecular flexibility index (Phi) is 11.5. The van der Waals surface area contributed by atoms with Gasteiger partial charge in [0.2, 0.25) is 11.8 Å². The van der Waals surface area contributed by atoms with Crippen LogP contribution in [0.25, 0.3) is 11.3 Å². The van der Waals surface area contributed by atoms with Gasteiger partial charge in [-0.25, -0.2) is 4.79 Å². The first-order valence-electron chi connectivity index (χ1n) is 16.9. The number of aromatic nitrogens is 2. The van der Waals surface area contributed by atoms with E-state index in [1.54, 1.807) is 93.3 Å². The lowest BCUT2D eigenvalue weighted by Crippen LogP contribution is -2.60. The Morgan fingerprint density at radius 1 is 1.04 bits per heavy atom. The maximum atomic E-state index is 14.1. The second kappa shape index (κ2) is 16.0. The van der Waals surface area contributed by atoms with E-state index >= 15 is 0 Å². The molecular formula is C40H43N5O7. The minimum Gasteiger partial charge on any atom is -0.507 e. The Morgan fingerprint density at radius 2 is 1.75 bits per heavy atom. The van der Waals surface area contributed by atoms with Crippen LogP contribution in [0.15, 0.2) is 72.9 Å². The van der Waals surface area contributed by atoms with E-state index in [-0.39, 0.29) is 37.7 Å². The van der Waals surface area contributed by atoms with Gasteiger partial charge in [0.1, 0.15) is 29.1 Å². The van der Waals surface area contributed by atoms with E-state index in [0.717, 1.165) is 5.56 Å². The van der Waals surface area contributed by atoms with Gasteiger partial charge in [0.25, 0.3) is 0 Å².